The number of morpholine rings is 1. The first kappa shape index (κ1) is 16.3. The smallest absolute Gasteiger partial charge is 0.269 e. The van der Waals surface area contributed by atoms with Crippen LogP contribution in [-0.2, 0) is 4.74 Å². The summed E-state index contributed by atoms with van der Waals surface area (Å²) in [5.74, 6) is 0. The highest BCUT2D eigenvalue weighted by Crippen LogP contribution is 2.25. The van der Waals surface area contributed by atoms with Crippen LogP contribution >= 0.6 is 0 Å². The van der Waals surface area contributed by atoms with Gasteiger partial charge in [-0.15, -0.1) is 0 Å². The molecule has 2 fully saturated rings. The van der Waals surface area contributed by atoms with E-state index in [1.807, 2.05) is 12.1 Å². The fraction of sp³-hybridized carbons (Fsp3) is 0.625. The predicted molar refractivity (Wildman–Crippen MR) is 87.5 cm³/mol. The van der Waals surface area contributed by atoms with Gasteiger partial charge in [-0.05, 0) is 5.56 Å². The summed E-state index contributed by atoms with van der Waals surface area (Å²) in [5, 5.41) is 14.2. The van der Waals surface area contributed by atoms with Crippen molar-refractivity contribution in [3.8, 4) is 0 Å². The number of nitrogens with one attached hydrogen (secondary N) is 1. The van der Waals surface area contributed by atoms with Crippen molar-refractivity contribution < 1.29 is 9.66 Å². The van der Waals surface area contributed by atoms with Gasteiger partial charge in [0, 0.05) is 64.0 Å². The van der Waals surface area contributed by atoms with E-state index >= 15 is 0 Å². The molecule has 2 saturated heterocycles. The predicted octanol–water partition coefficient (Wildman–Crippen LogP) is 0.873. The molecule has 7 heteroatoms. The van der Waals surface area contributed by atoms with Crippen LogP contribution in [0.3, 0.4) is 0 Å². The number of rotatable bonds is 5. The fourth-order valence-electron chi connectivity index (χ4n) is 3.28. The van der Waals surface area contributed by atoms with Crippen LogP contribution in [0, 0.1) is 10.1 Å². The third kappa shape index (κ3) is 4.26. The second-order valence-electron chi connectivity index (χ2n) is 6.06. The molecule has 1 aromatic rings. The average Bonchev–Trinajstić information content (AvgIpc) is 2.61. The number of benzene rings is 1. The van der Waals surface area contributed by atoms with E-state index in [2.05, 4.69) is 15.1 Å². The molecule has 2 heterocycles. The first-order chi connectivity index (χ1) is 11.2. The molecule has 1 atom stereocenters. The molecule has 3 rings (SSSR count). The van der Waals surface area contributed by atoms with E-state index in [0.29, 0.717) is 0 Å². The van der Waals surface area contributed by atoms with Crippen LogP contribution < -0.4 is 5.32 Å². The SMILES string of the molecule is O=[N+]([O-])c1ccc(C(CN2CCNCC2)N2CCOCC2)cc1. The van der Waals surface area contributed by atoms with Crippen LogP contribution in [-0.4, -0.2) is 73.8 Å². The third-order valence-corrected chi connectivity index (χ3v) is 4.62. The Balaban J connectivity index is 1.76. The van der Waals surface area contributed by atoms with Crippen molar-refractivity contribution in [2.24, 2.45) is 0 Å². The summed E-state index contributed by atoms with van der Waals surface area (Å²) in [6, 6.07) is 7.29. The minimum Gasteiger partial charge on any atom is -0.379 e. The fourth-order valence-corrected chi connectivity index (χ4v) is 3.28. The van der Waals surface area contributed by atoms with Gasteiger partial charge in [0.2, 0.25) is 0 Å². The van der Waals surface area contributed by atoms with Crippen LogP contribution in [0.2, 0.25) is 0 Å². The van der Waals surface area contributed by atoms with E-state index in [0.717, 1.165) is 64.6 Å². The Labute approximate surface area is 136 Å². The second-order valence-corrected chi connectivity index (χ2v) is 6.06. The number of piperazine rings is 1. The number of ether oxygens (including phenoxy) is 1. The maximum Gasteiger partial charge on any atom is 0.269 e. The molecule has 1 aromatic carbocycles. The second kappa shape index (κ2) is 7.83. The maximum atomic E-state index is 10.9. The largest absolute Gasteiger partial charge is 0.379 e. The lowest BCUT2D eigenvalue weighted by Gasteiger charge is -2.39. The zero-order chi connectivity index (χ0) is 16.1. The Morgan fingerprint density at radius 1 is 1.13 bits per heavy atom. The lowest BCUT2D eigenvalue weighted by molar-refractivity contribution is -0.384. The van der Waals surface area contributed by atoms with E-state index in [9.17, 15) is 10.1 Å². The Bertz CT molecular complexity index is 511. The Hall–Kier alpha value is -1.54. The summed E-state index contributed by atoms with van der Waals surface area (Å²) in [6.07, 6.45) is 0. The van der Waals surface area contributed by atoms with Gasteiger partial charge in [-0.3, -0.25) is 19.9 Å². The molecule has 7 nitrogen and oxygen atoms in total. The summed E-state index contributed by atoms with van der Waals surface area (Å²) in [6.45, 7) is 8.44. The molecule has 0 aliphatic carbocycles. The highest BCUT2D eigenvalue weighted by Gasteiger charge is 2.26. The van der Waals surface area contributed by atoms with E-state index in [1.54, 1.807) is 12.1 Å². The van der Waals surface area contributed by atoms with Crippen molar-refractivity contribution in [2.45, 2.75) is 6.04 Å². The highest BCUT2D eigenvalue weighted by atomic mass is 16.6. The van der Waals surface area contributed by atoms with Gasteiger partial charge in [0.1, 0.15) is 0 Å². The highest BCUT2D eigenvalue weighted by molar-refractivity contribution is 5.34. The monoisotopic (exact) mass is 320 g/mol. The lowest BCUT2D eigenvalue weighted by Crippen LogP contribution is -2.49. The number of non-ortho nitro benzene ring substituents is 1. The lowest BCUT2D eigenvalue weighted by atomic mass is 10.0. The molecule has 1 N–H and O–H groups in total. The zero-order valence-corrected chi connectivity index (χ0v) is 13.3. The minimum atomic E-state index is -0.343. The van der Waals surface area contributed by atoms with Gasteiger partial charge in [-0.25, -0.2) is 0 Å². The average molecular weight is 320 g/mol. The van der Waals surface area contributed by atoms with Gasteiger partial charge in [-0.1, -0.05) is 12.1 Å². The molecule has 0 spiro atoms. The zero-order valence-electron chi connectivity index (χ0n) is 13.3. The van der Waals surface area contributed by atoms with E-state index in [-0.39, 0.29) is 16.7 Å². The van der Waals surface area contributed by atoms with Gasteiger partial charge in [-0.2, -0.15) is 0 Å². The van der Waals surface area contributed by atoms with Gasteiger partial charge < -0.3 is 10.1 Å². The van der Waals surface area contributed by atoms with Gasteiger partial charge in [0.15, 0.2) is 0 Å². The van der Waals surface area contributed by atoms with Crippen molar-refractivity contribution in [1.82, 2.24) is 15.1 Å². The number of nitrogens with zero attached hydrogens (tertiary/aromatic N) is 3. The summed E-state index contributed by atoms with van der Waals surface area (Å²) >= 11 is 0. The summed E-state index contributed by atoms with van der Waals surface area (Å²) in [4.78, 5) is 15.4. The molecule has 2 aliphatic rings. The number of nitro groups is 1. The van der Waals surface area contributed by atoms with Crippen molar-refractivity contribution in [3.63, 3.8) is 0 Å². The molecule has 1 unspecified atom stereocenters. The number of hydrogen-bond acceptors (Lipinski definition) is 6. The molecule has 2 aliphatic heterocycles. The summed E-state index contributed by atoms with van der Waals surface area (Å²) in [5.41, 5.74) is 1.30. The Morgan fingerprint density at radius 3 is 2.39 bits per heavy atom. The van der Waals surface area contributed by atoms with Crippen molar-refractivity contribution in [2.75, 3.05) is 59.0 Å². The van der Waals surface area contributed by atoms with Crippen LogP contribution in [0.1, 0.15) is 11.6 Å². The summed E-state index contributed by atoms with van der Waals surface area (Å²) < 4.78 is 5.47. The van der Waals surface area contributed by atoms with E-state index in [1.165, 1.54) is 0 Å². The molecule has 0 aromatic heterocycles. The molecular formula is C16H24N4O3. The van der Waals surface area contributed by atoms with Crippen LogP contribution in [0.25, 0.3) is 0 Å². The quantitative estimate of drug-likeness (QED) is 0.641. The Morgan fingerprint density at radius 2 is 1.78 bits per heavy atom. The summed E-state index contributed by atoms with van der Waals surface area (Å²) in [7, 11) is 0. The molecule has 0 bridgehead atoms. The first-order valence-electron chi connectivity index (χ1n) is 8.23. The van der Waals surface area contributed by atoms with Crippen molar-refractivity contribution >= 4 is 5.69 Å². The van der Waals surface area contributed by atoms with Crippen LogP contribution in [0.5, 0.6) is 0 Å². The number of nitro benzene ring substituents is 1. The molecule has 0 radical (unpaired) electrons. The normalized spacial score (nSPS) is 21.9. The number of hydrogen-bond donors (Lipinski definition) is 1. The van der Waals surface area contributed by atoms with Crippen molar-refractivity contribution in [3.05, 3.63) is 39.9 Å². The van der Waals surface area contributed by atoms with Gasteiger partial charge in [0.25, 0.3) is 5.69 Å². The maximum absolute atomic E-state index is 10.9. The third-order valence-electron chi connectivity index (χ3n) is 4.62. The van der Waals surface area contributed by atoms with Crippen LogP contribution in [0.4, 0.5) is 5.69 Å². The van der Waals surface area contributed by atoms with E-state index < -0.39 is 0 Å². The minimum absolute atomic E-state index is 0.150. The molecule has 23 heavy (non-hydrogen) atoms. The molecular weight excluding hydrogens is 296 g/mol. The van der Waals surface area contributed by atoms with Gasteiger partial charge >= 0.3 is 0 Å². The van der Waals surface area contributed by atoms with Crippen molar-refractivity contribution in [1.29, 1.82) is 0 Å². The Kier molecular flexibility index (Phi) is 5.56. The molecule has 0 saturated carbocycles. The molecule has 126 valence electrons. The molecule has 0 amide bonds. The van der Waals surface area contributed by atoms with Gasteiger partial charge in [0.05, 0.1) is 18.1 Å². The topological polar surface area (TPSA) is 70.9 Å². The van der Waals surface area contributed by atoms with E-state index in [4.69, 9.17) is 4.74 Å². The standard InChI is InChI=1S/C16H24N4O3/c21-20(22)15-3-1-14(2-4-15)16(19-9-11-23-12-10-19)13-18-7-5-17-6-8-18/h1-4,16-17H,5-13H2. The first-order valence-corrected chi connectivity index (χ1v) is 8.23. The van der Waals surface area contributed by atoms with Crippen LogP contribution in [0.15, 0.2) is 24.3 Å².